The van der Waals surface area contributed by atoms with Crippen molar-refractivity contribution in [1.29, 1.82) is 0 Å². The summed E-state index contributed by atoms with van der Waals surface area (Å²) in [6.07, 6.45) is 2.60. The van der Waals surface area contributed by atoms with Crippen LogP contribution in [0, 0.1) is 0 Å². The first-order valence-electron chi connectivity index (χ1n) is 6.09. The molecule has 96 valence electrons. The van der Waals surface area contributed by atoms with Gasteiger partial charge in [-0.25, -0.2) is 9.59 Å². The van der Waals surface area contributed by atoms with Crippen LogP contribution in [-0.2, 0) is 4.74 Å². The van der Waals surface area contributed by atoms with E-state index in [2.05, 4.69) is 10.1 Å². The van der Waals surface area contributed by atoms with E-state index in [1.54, 1.807) is 9.80 Å². The normalized spacial score (nSPS) is 23.9. The number of rotatable bonds is 1. The molecule has 0 bridgehead atoms. The third-order valence-corrected chi connectivity index (χ3v) is 3.33. The fourth-order valence-electron chi connectivity index (χ4n) is 2.18. The second-order valence-electron chi connectivity index (χ2n) is 4.55. The van der Waals surface area contributed by atoms with E-state index in [0.717, 1.165) is 32.4 Å². The standard InChI is InChI=1S/C11H19N3O3/c1-17-11(16)14-5-2-4-9(8-14)12-10(15)13-6-3-7-13/h9H,2-8H2,1H3,(H,12,15)/t9-/m0/s1. The number of ether oxygens (including phenoxy) is 1. The molecular formula is C11H19N3O3. The number of nitrogens with one attached hydrogen (secondary N) is 1. The van der Waals surface area contributed by atoms with Crippen LogP contribution in [0.4, 0.5) is 9.59 Å². The molecule has 2 heterocycles. The lowest BCUT2D eigenvalue weighted by Gasteiger charge is -2.36. The highest BCUT2D eigenvalue weighted by atomic mass is 16.5. The molecular weight excluding hydrogens is 222 g/mol. The highest BCUT2D eigenvalue weighted by Crippen LogP contribution is 2.12. The number of amides is 3. The summed E-state index contributed by atoms with van der Waals surface area (Å²) in [5, 5.41) is 2.97. The first kappa shape index (κ1) is 12.0. The third-order valence-electron chi connectivity index (χ3n) is 3.33. The van der Waals surface area contributed by atoms with Gasteiger partial charge in [-0.1, -0.05) is 0 Å². The smallest absolute Gasteiger partial charge is 0.409 e. The van der Waals surface area contributed by atoms with E-state index in [-0.39, 0.29) is 18.2 Å². The minimum absolute atomic E-state index is 0.00651. The van der Waals surface area contributed by atoms with E-state index in [1.165, 1.54) is 7.11 Å². The number of methoxy groups -OCH3 is 1. The maximum absolute atomic E-state index is 11.7. The van der Waals surface area contributed by atoms with Gasteiger partial charge in [0.2, 0.25) is 0 Å². The third kappa shape index (κ3) is 2.81. The molecule has 2 saturated heterocycles. The zero-order valence-electron chi connectivity index (χ0n) is 10.1. The Hall–Kier alpha value is -1.46. The Labute approximate surface area is 101 Å². The van der Waals surface area contributed by atoms with E-state index < -0.39 is 0 Å². The van der Waals surface area contributed by atoms with Crippen molar-refractivity contribution >= 4 is 12.1 Å². The van der Waals surface area contributed by atoms with Crippen molar-refractivity contribution in [2.45, 2.75) is 25.3 Å². The van der Waals surface area contributed by atoms with Crippen molar-refractivity contribution in [3.8, 4) is 0 Å². The van der Waals surface area contributed by atoms with E-state index in [0.29, 0.717) is 13.1 Å². The predicted molar refractivity (Wildman–Crippen MR) is 61.7 cm³/mol. The molecule has 2 fully saturated rings. The summed E-state index contributed by atoms with van der Waals surface area (Å²) in [5.74, 6) is 0. The summed E-state index contributed by atoms with van der Waals surface area (Å²) in [4.78, 5) is 26.5. The SMILES string of the molecule is COC(=O)N1CCC[C@H](NC(=O)N2CCC2)C1. The molecule has 6 heteroatoms. The first-order chi connectivity index (χ1) is 8.20. The molecule has 0 unspecified atom stereocenters. The number of likely N-dealkylation sites (tertiary alicyclic amines) is 2. The zero-order valence-corrected chi connectivity index (χ0v) is 10.1. The van der Waals surface area contributed by atoms with Crippen molar-refractivity contribution < 1.29 is 14.3 Å². The van der Waals surface area contributed by atoms with Crippen LogP contribution in [0.1, 0.15) is 19.3 Å². The second-order valence-corrected chi connectivity index (χ2v) is 4.55. The van der Waals surface area contributed by atoms with E-state index in [1.807, 2.05) is 0 Å². The number of carbonyl (C=O) groups excluding carboxylic acids is 2. The van der Waals surface area contributed by atoms with Gasteiger partial charge in [-0.2, -0.15) is 0 Å². The lowest BCUT2D eigenvalue weighted by atomic mass is 10.1. The number of hydrogen-bond acceptors (Lipinski definition) is 3. The van der Waals surface area contributed by atoms with Gasteiger partial charge in [-0.15, -0.1) is 0 Å². The molecule has 0 spiro atoms. The highest BCUT2D eigenvalue weighted by molar-refractivity contribution is 5.75. The molecule has 2 aliphatic heterocycles. The minimum Gasteiger partial charge on any atom is -0.453 e. The Morgan fingerprint density at radius 3 is 2.47 bits per heavy atom. The van der Waals surface area contributed by atoms with E-state index >= 15 is 0 Å². The molecule has 17 heavy (non-hydrogen) atoms. The van der Waals surface area contributed by atoms with Crippen molar-refractivity contribution in [2.24, 2.45) is 0 Å². The van der Waals surface area contributed by atoms with Gasteiger partial charge < -0.3 is 19.9 Å². The minimum atomic E-state index is -0.312. The monoisotopic (exact) mass is 241 g/mol. The van der Waals surface area contributed by atoms with Gasteiger partial charge in [-0.05, 0) is 19.3 Å². The van der Waals surface area contributed by atoms with Gasteiger partial charge in [0.1, 0.15) is 0 Å². The summed E-state index contributed by atoms with van der Waals surface area (Å²) < 4.78 is 4.69. The Morgan fingerprint density at radius 2 is 1.88 bits per heavy atom. The molecule has 1 N–H and O–H groups in total. The Bertz CT molecular complexity index is 304. The molecule has 2 aliphatic rings. The number of hydrogen-bond donors (Lipinski definition) is 1. The van der Waals surface area contributed by atoms with E-state index in [4.69, 9.17) is 0 Å². The van der Waals surface area contributed by atoms with Gasteiger partial charge in [-0.3, -0.25) is 0 Å². The molecule has 0 aromatic carbocycles. The van der Waals surface area contributed by atoms with Crippen molar-refractivity contribution in [1.82, 2.24) is 15.1 Å². The summed E-state index contributed by atoms with van der Waals surface area (Å²) in [7, 11) is 1.38. The van der Waals surface area contributed by atoms with Crippen molar-refractivity contribution in [3.05, 3.63) is 0 Å². The Kier molecular flexibility index (Phi) is 3.71. The van der Waals surface area contributed by atoms with Crippen LogP contribution in [0.25, 0.3) is 0 Å². The van der Waals surface area contributed by atoms with Gasteiger partial charge in [0.05, 0.1) is 7.11 Å². The van der Waals surface area contributed by atoms with Crippen molar-refractivity contribution in [2.75, 3.05) is 33.3 Å². The summed E-state index contributed by atoms with van der Waals surface area (Å²) in [5.41, 5.74) is 0. The molecule has 1 atom stereocenters. The van der Waals surface area contributed by atoms with Crippen LogP contribution in [0.3, 0.4) is 0 Å². The molecule has 0 saturated carbocycles. The first-order valence-corrected chi connectivity index (χ1v) is 6.09. The van der Waals surface area contributed by atoms with Crippen molar-refractivity contribution in [3.63, 3.8) is 0 Å². The summed E-state index contributed by atoms with van der Waals surface area (Å²) in [6, 6.07) is 0.0453. The average Bonchev–Trinajstić information content (AvgIpc) is 2.26. The molecule has 0 aromatic rings. The van der Waals surface area contributed by atoms with Crippen LogP contribution < -0.4 is 5.32 Å². The molecule has 3 amide bonds. The quantitative estimate of drug-likeness (QED) is 0.732. The summed E-state index contributed by atoms with van der Waals surface area (Å²) >= 11 is 0. The van der Waals surface area contributed by atoms with Gasteiger partial charge in [0, 0.05) is 32.2 Å². The van der Waals surface area contributed by atoms with Crippen LogP contribution in [0.15, 0.2) is 0 Å². The lowest BCUT2D eigenvalue weighted by Crippen LogP contribution is -2.55. The lowest BCUT2D eigenvalue weighted by molar-refractivity contribution is 0.105. The zero-order chi connectivity index (χ0) is 12.3. The fourth-order valence-corrected chi connectivity index (χ4v) is 2.18. The van der Waals surface area contributed by atoms with Crippen LogP contribution in [0.2, 0.25) is 0 Å². The highest BCUT2D eigenvalue weighted by Gasteiger charge is 2.27. The Morgan fingerprint density at radius 1 is 1.18 bits per heavy atom. The molecule has 2 rings (SSSR count). The van der Waals surface area contributed by atoms with Crippen LogP contribution in [0.5, 0.6) is 0 Å². The molecule has 6 nitrogen and oxygen atoms in total. The van der Waals surface area contributed by atoms with Gasteiger partial charge in [0.25, 0.3) is 0 Å². The number of nitrogens with zero attached hydrogens (tertiary/aromatic N) is 2. The number of piperidine rings is 1. The largest absolute Gasteiger partial charge is 0.453 e. The topological polar surface area (TPSA) is 61.9 Å². The summed E-state index contributed by atoms with van der Waals surface area (Å²) in [6.45, 7) is 2.95. The van der Waals surface area contributed by atoms with E-state index in [9.17, 15) is 9.59 Å². The molecule has 0 aliphatic carbocycles. The number of urea groups is 1. The van der Waals surface area contributed by atoms with Gasteiger partial charge >= 0.3 is 12.1 Å². The Balaban J connectivity index is 1.80. The maximum atomic E-state index is 11.7. The molecule has 0 radical (unpaired) electrons. The molecule has 0 aromatic heterocycles. The number of carbonyl (C=O) groups is 2. The predicted octanol–water partition coefficient (Wildman–Crippen LogP) is 0.632. The maximum Gasteiger partial charge on any atom is 0.409 e. The average molecular weight is 241 g/mol. The fraction of sp³-hybridized carbons (Fsp3) is 0.818. The van der Waals surface area contributed by atoms with Crippen LogP contribution >= 0.6 is 0 Å². The van der Waals surface area contributed by atoms with Gasteiger partial charge in [0.15, 0.2) is 0 Å². The van der Waals surface area contributed by atoms with Crippen LogP contribution in [-0.4, -0.2) is 61.3 Å². The second kappa shape index (κ2) is 5.25.